The molecule has 33 heavy (non-hydrogen) atoms. The van der Waals surface area contributed by atoms with E-state index in [0.29, 0.717) is 23.5 Å². The lowest BCUT2D eigenvalue weighted by Gasteiger charge is -2.09. The van der Waals surface area contributed by atoms with Crippen molar-refractivity contribution in [1.82, 2.24) is 19.6 Å². The zero-order chi connectivity index (χ0) is 23.4. The molecular weight excluding hydrogens is 418 g/mol. The van der Waals surface area contributed by atoms with Crippen molar-refractivity contribution < 1.29 is 14.3 Å². The summed E-state index contributed by atoms with van der Waals surface area (Å²) >= 11 is 0. The van der Waals surface area contributed by atoms with Crippen LogP contribution in [-0.4, -0.2) is 38.0 Å². The second-order valence-electron chi connectivity index (χ2n) is 7.82. The van der Waals surface area contributed by atoms with Gasteiger partial charge in [0.25, 0.3) is 5.91 Å². The quantitative estimate of drug-likeness (QED) is 0.438. The van der Waals surface area contributed by atoms with Gasteiger partial charge in [-0.1, -0.05) is 29.8 Å². The fourth-order valence-electron chi connectivity index (χ4n) is 3.48. The minimum Gasteiger partial charge on any atom is -0.452 e. The third-order valence-electron chi connectivity index (χ3n) is 5.26. The van der Waals surface area contributed by atoms with E-state index >= 15 is 0 Å². The summed E-state index contributed by atoms with van der Waals surface area (Å²) in [5, 5.41) is 11.5. The Labute approximate surface area is 191 Å². The molecule has 2 aromatic heterocycles. The van der Waals surface area contributed by atoms with Gasteiger partial charge in [-0.05, 0) is 56.7 Å². The maximum atomic E-state index is 12.4. The number of carbonyl (C=O) groups is 2. The molecule has 0 spiro atoms. The van der Waals surface area contributed by atoms with Gasteiger partial charge >= 0.3 is 5.97 Å². The number of ether oxygens (including phenoxy) is 1. The number of benzene rings is 2. The third-order valence-corrected chi connectivity index (χ3v) is 5.26. The molecule has 4 rings (SSSR count). The molecule has 0 saturated carbocycles. The summed E-state index contributed by atoms with van der Waals surface area (Å²) in [6.45, 7) is 5.95. The van der Waals surface area contributed by atoms with Crippen molar-refractivity contribution in [2.45, 2.75) is 27.3 Å². The first-order valence-corrected chi connectivity index (χ1v) is 10.6. The Morgan fingerprint density at radius 3 is 2.39 bits per heavy atom. The maximum absolute atomic E-state index is 12.4. The first-order valence-electron chi connectivity index (χ1n) is 10.6. The zero-order valence-corrected chi connectivity index (χ0v) is 18.8. The van der Waals surface area contributed by atoms with Crippen LogP contribution in [0.15, 0.2) is 67.0 Å². The standard InChI is InChI=1S/C25H25N5O3/c1-17-5-11-22(12-6-17)30-19(3)24(18(2)28-30)27-23(31)16-33-25(32)21-9-7-20(8-10-21)15-29-14-4-13-26-29/h4-14H,15-16H2,1-3H3,(H,27,31). The van der Waals surface area contributed by atoms with Crippen LogP contribution in [0, 0.1) is 20.8 Å². The lowest BCUT2D eigenvalue weighted by atomic mass is 10.1. The van der Waals surface area contributed by atoms with E-state index in [1.165, 1.54) is 0 Å². The number of nitrogens with one attached hydrogen (secondary N) is 1. The van der Waals surface area contributed by atoms with Crippen LogP contribution in [0.25, 0.3) is 5.69 Å². The van der Waals surface area contributed by atoms with Gasteiger partial charge in [-0.2, -0.15) is 10.2 Å². The molecule has 8 nitrogen and oxygen atoms in total. The number of hydrogen-bond donors (Lipinski definition) is 1. The van der Waals surface area contributed by atoms with E-state index in [2.05, 4.69) is 15.5 Å². The van der Waals surface area contributed by atoms with Crippen LogP contribution in [0.5, 0.6) is 0 Å². The van der Waals surface area contributed by atoms with E-state index in [1.54, 1.807) is 27.7 Å². The monoisotopic (exact) mass is 443 g/mol. The highest BCUT2D eigenvalue weighted by Crippen LogP contribution is 2.23. The number of hydrogen-bond acceptors (Lipinski definition) is 5. The topological polar surface area (TPSA) is 91.0 Å². The molecule has 1 amide bonds. The van der Waals surface area contributed by atoms with Gasteiger partial charge < -0.3 is 10.1 Å². The van der Waals surface area contributed by atoms with Gasteiger partial charge in [0.2, 0.25) is 0 Å². The molecule has 2 aromatic carbocycles. The zero-order valence-electron chi connectivity index (χ0n) is 18.8. The van der Waals surface area contributed by atoms with Gasteiger partial charge in [0.1, 0.15) is 0 Å². The number of carbonyl (C=O) groups excluding carboxylic acids is 2. The Hall–Kier alpha value is -4.20. The van der Waals surface area contributed by atoms with Gasteiger partial charge in [0.05, 0.1) is 34.9 Å². The lowest BCUT2D eigenvalue weighted by molar-refractivity contribution is -0.119. The molecule has 0 aliphatic carbocycles. The van der Waals surface area contributed by atoms with E-state index < -0.39 is 11.9 Å². The van der Waals surface area contributed by atoms with Crippen molar-refractivity contribution in [1.29, 1.82) is 0 Å². The average Bonchev–Trinajstić information content (AvgIpc) is 3.42. The Morgan fingerprint density at radius 2 is 1.73 bits per heavy atom. The van der Waals surface area contributed by atoms with E-state index in [0.717, 1.165) is 22.5 Å². The number of aromatic nitrogens is 4. The number of esters is 1. The molecule has 2 heterocycles. The second kappa shape index (κ2) is 9.52. The van der Waals surface area contributed by atoms with Crippen molar-refractivity contribution in [3.63, 3.8) is 0 Å². The average molecular weight is 444 g/mol. The van der Waals surface area contributed by atoms with Crippen LogP contribution in [-0.2, 0) is 16.1 Å². The van der Waals surface area contributed by atoms with E-state index in [-0.39, 0.29) is 6.61 Å². The van der Waals surface area contributed by atoms with Crippen molar-refractivity contribution >= 4 is 17.6 Å². The molecule has 0 saturated heterocycles. The Bertz CT molecular complexity index is 1260. The molecule has 0 aliphatic heterocycles. The van der Waals surface area contributed by atoms with Crippen LogP contribution in [0.3, 0.4) is 0 Å². The summed E-state index contributed by atoms with van der Waals surface area (Å²) in [4.78, 5) is 24.8. The van der Waals surface area contributed by atoms with Crippen LogP contribution < -0.4 is 5.32 Å². The molecular formula is C25H25N5O3. The summed E-state index contributed by atoms with van der Waals surface area (Å²) in [5.41, 5.74) is 5.53. The highest BCUT2D eigenvalue weighted by atomic mass is 16.5. The molecule has 0 radical (unpaired) electrons. The number of amides is 1. The van der Waals surface area contributed by atoms with Crippen molar-refractivity contribution in [3.05, 3.63) is 95.1 Å². The predicted octanol–water partition coefficient (Wildman–Crippen LogP) is 3.84. The minimum atomic E-state index is -0.556. The van der Waals surface area contributed by atoms with Crippen molar-refractivity contribution in [2.75, 3.05) is 11.9 Å². The molecule has 0 fully saturated rings. The van der Waals surface area contributed by atoms with Crippen LogP contribution in [0.4, 0.5) is 5.69 Å². The molecule has 0 unspecified atom stereocenters. The molecule has 1 N–H and O–H groups in total. The fourth-order valence-corrected chi connectivity index (χ4v) is 3.48. The summed E-state index contributed by atoms with van der Waals surface area (Å²) in [6.07, 6.45) is 3.59. The summed E-state index contributed by atoms with van der Waals surface area (Å²) in [7, 11) is 0. The number of rotatable bonds is 7. The molecule has 0 bridgehead atoms. The normalized spacial score (nSPS) is 10.8. The number of nitrogens with zero attached hydrogens (tertiary/aromatic N) is 4. The molecule has 0 aliphatic rings. The van der Waals surface area contributed by atoms with Gasteiger partial charge in [-0.3, -0.25) is 9.48 Å². The minimum absolute atomic E-state index is 0.381. The van der Waals surface area contributed by atoms with Gasteiger partial charge in [-0.15, -0.1) is 0 Å². The predicted molar refractivity (Wildman–Crippen MR) is 124 cm³/mol. The van der Waals surface area contributed by atoms with E-state index in [4.69, 9.17) is 4.74 Å². The van der Waals surface area contributed by atoms with Gasteiger partial charge in [0.15, 0.2) is 6.61 Å². The third kappa shape index (κ3) is 5.17. The lowest BCUT2D eigenvalue weighted by Crippen LogP contribution is -2.21. The molecule has 168 valence electrons. The largest absolute Gasteiger partial charge is 0.452 e. The van der Waals surface area contributed by atoms with Gasteiger partial charge in [-0.25, -0.2) is 9.48 Å². The van der Waals surface area contributed by atoms with E-state index in [9.17, 15) is 9.59 Å². The Kier molecular flexibility index (Phi) is 6.35. The molecule has 8 heteroatoms. The first kappa shape index (κ1) is 22.0. The summed E-state index contributed by atoms with van der Waals surface area (Å²) < 4.78 is 8.77. The van der Waals surface area contributed by atoms with Gasteiger partial charge in [0, 0.05) is 12.4 Å². The second-order valence-corrected chi connectivity index (χ2v) is 7.82. The fraction of sp³-hybridized carbons (Fsp3) is 0.200. The van der Waals surface area contributed by atoms with Crippen molar-refractivity contribution in [2.24, 2.45) is 0 Å². The molecule has 4 aromatic rings. The number of aryl methyl sites for hydroxylation is 2. The van der Waals surface area contributed by atoms with E-state index in [1.807, 2.05) is 69.4 Å². The smallest absolute Gasteiger partial charge is 0.338 e. The van der Waals surface area contributed by atoms with Crippen molar-refractivity contribution in [3.8, 4) is 5.69 Å². The Morgan fingerprint density at radius 1 is 1.00 bits per heavy atom. The van der Waals surface area contributed by atoms with Crippen LogP contribution in [0.1, 0.15) is 32.9 Å². The number of anilines is 1. The van der Waals surface area contributed by atoms with Crippen LogP contribution >= 0.6 is 0 Å². The first-order chi connectivity index (χ1) is 15.9. The summed E-state index contributed by atoms with van der Waals surface area (Å²) in [6, 6.07) is 16.9. The highest BCUT2D eigenvalue weighted by molar-refractivity contribution is 5.96. The Balaban J connectivity index is 1.34. The summed E-state index contributed by atoms with van der Waals surface area (Å²) in [5.74, 6) is -0.979. The SMILES string of the molecule is Cc1ccc(-n2nc(C)c(NC(=O)COC(=O)c3ccc(Cn4cccn4)cc3)c2C)cc1. The van der Waals surface area contributed by atoms with Crippen LogP contribution in [0.2, 0.25) is 0 Å². The maximum Gasteiger partial charge on any atom is 0.338 e. The molecule has 0 atom stereocenters. The highest BCUT2D eigenvalue weighted by Gasteiger charge is 2.17.